The van der Waals surface area contributed by atoms with E-state index in [2.05, 4.69) is 0 Å². The number of benzene rings is 3. The maximum atomic E-state index is 13.6. The molecule has 0 unspecified atom stereocenters. The van der Waals surface area contributed by atoms with Crippen LogP contribution in [0, 0.1) is 0 Å². The van der Waals surface area contributed by atoms with Crippen LogP contribution in [-0.2, 0) is 34.0 Å². The van der Waals surface area contributed by atoms with Crippen LogP contribution in [0.25, 0.3) is 10.9 Å². The van der Waals surface area contributed by atoms with Gasteiger partial charge in [0.15, 0.2) is 0 Å². The average molecular weight is 511 g/mol. The summed E-state index contributed by atoms with van der Waals surface area (Å²) in [4.78, 5) is 27.0. The molecule has 0 saturated carbocycles. The number of para-hydroxylation sites is 1. The first-order valence-corrected chi connectivity index (χ1v) is 13.0. The van der Waals surface area contributed by atoms with Gasteiger partial charge in [-0.25, -0.2) is 4.79 Å². The summed E-state index contributed by atoms with van der Waals surface area (Å²) in [5.41, 5.74) is 0.848. The average Bonchev–Trinajstić information content (AvgIpc) is 2.87. The molecule has 0 aliphatic rings. The van der Waals surface area contributed by atoms with Crippen LogP contribution in [0.15, 0.2) is 82.4 Å². The predicted molar refractivity (Wildman–Crippen MR) is 136 cm³/mol. The molecule has 0 spiro atoms. The maximum absolute atomic E-state index is 13.6. The van der Waals surface area contributed by atoms with Crippen LogP contribution in [0.3, 0.4) is 0 Å². The molecule has 36 heavy (non-hydrogen) atoms. The molecule has 4 rings (SSSR count). The molecule has 0 atom stereocenters. The van der Waals surface area contributed by atoms with E-state index in [1.807, 2.05) is 30.3 Å². The van der Waals surface area contributed by atoms with Crippen LogP contribution in [0.5, 0.6) is 11.5 Å². The fourth-order valence-corrected chi connectivity index (χ4v) is 4.22. The third kappa shape index (κ3) is 5.84. The molecule has 0 radical (unpaired) electrons. The Labute approximate surface area is 208 Å². The third-order valence-electron chi connectivity index (χ3n) is 5.56. The Hall–Kier alpha value is -3.89. The highest BCUT2D eigenvalue weighted by molar-refractivity contribution is 7.85. The van der Waals surface area contributed by atoms with Gasteiger partial charge in [-0.1, -0.05) is 48.5 Å². The quantitative estimate of drug-likeness (QED) is 0.302. The molecule has 9 nitrogen and oxygen atoms in total. The van der Waals surface area contributed by atoms with E-state index in [4.69, 9.17) is 13.7 Å². The predicted octanol–water partition coefficient (Wildman–Crippen LogP) is 2.78. The highest BCUT2D eigenvalue weighted by Crippen LogP contribution is 2.24. The summed E-state index contributed by atoms with van der Waals surface area (Å²) >= 11 is 0. The zero-order valence-electron chi connectivity index (χ0n) is 19.9. The monoisotopic (exact) mass is 510 g/mol. The highest BCUT2D eigenvalue weighted by atomic mass is 32.2. The van der Waals surface area contributed by atoms with E-state index in [9.17, 15) is 18.0 Å². The molecule has 0 fully saturated rings. The summed E-state index contributed by atoms with van der Waals surface area (Å²) in [6.07, 6.45) is 0.937. The van der Waals surface area contributed by atoms with E-state index < -0.39 is 21.4 Å². The molecule has 1 aromatic heterocycles. The van der Waals surface area contributed by atoms with E-state index in [0.29, 0.717) is 11.5 Å². The highest BCUT2D eigenvalue weighted by Gasteiger charge is 2.18. The van der Waals surface area contributed by atoms with Crippen molar-refractivity contribution in [2.24, 2.45) is 0 Å². The largest absolute Gasteiger partial charge is 0.497 e. The van der Waals surface area contributed by atoms with Gasteiger partial charge in [0.25, 0.3) is 15.7 Å². The Bertz CT molecular complexity index is 1580. The minimum absolute atomic E-state index is 0.0274. The minimum Gasteiger partial charge on any atom is -0.497 e. The van der Waals surface area contributed by atoms with Crippen LogP contribution in [-0.4, -0.2) is 37.5 Å². The zero-order valence-corrected chi connectivity index (χ0v) is 20.7. The van der Waals surface area contributed by atoms with Crippen molar-refractivity contribution in [3.05, 3.63) is 105 Å². The van der Waals surface area contributed by atoms with Gasteiger partial charge in [0.1, 0.15) is 23.6 Å². The standard InChI is InChI=1S/C26H26N2O7S/c1-33-21-13-11-19(12-14-21)17-28-25(29)22-9-6-10-23(34-18-20-7-4-3-5-8-20)24(22)27(26(28)30)15-16-35-36(2,31)32/h3-14H,15-18H2,1-2H3. The van der Waals surface area contributed by atoms with E-state index in [1.165, 1.54) is 4.57 Å². The molecule has 3 aromatic carbocycles. The Morgan fingerprint density at radius 3 is 2.22 bits per heavy atom. The molecule has 0 aliphatic heterocycles. The number of aromatic nitrogens is 2. The molecule has 0 bridgehead atoms. The topological polar surface area (TPSA) is 106 Å². The summed E-state index contributed by atoms with van der Waals surface area (Å²) < 4.78 is 41.5. The van der Waals surface area contributed by atoms with Crippen molar-refractivity contribution in [3.63, 3.8) is 0 Å². The molecule has 188 valence electrons. The van der Waals surface area contributed by atoms with Crippen molar-refractivity contribution in [3.8, 4) is 11.5 Å². The number of rotatable bonds is 10. The summed E-state index contributed by atoms with van der Waals surface area (Å²) in [5.74, 6) is 0.988. The van der Waals surface area contributed by atoms with Crippen LogP contribution >= 0.6 is 0 Å². The van der Waals surface area contributed by atoms with Gasteiger partial charge in [-0.15, -0.1) is 0 Å². The minimum atomic E-state index is -3.72. The lowest BCUT2D eigenvalue weighted by Crippen LogP contribution is -2.41. The van der Waals surface area contributed by atoms with Crippen LogP contribution < -0.4 is 20.7 Å². The van der Waals surface area contributed by atoms with Crippen molar-refractivity contribution < 1.29 is 22.1 Å². The van der Waals surface area contributed by atoms with Crippen molar-refractivity contribution in [1.82, 2.24) is 9.13 Å². The number of hydrogen-bond donors (Lipinski definition) is 0. The molecular weight excluding hydrogens is 484 g/mol. The normalized spacial score (nSPS) is 11.5. The third-order valence-corrected chi connectivity index (χ3v) is 6.15. The van der Waals surface area contributed by atoms with Crippen molar-refractivity contribution in [1.29, 1.82) is 0 Å². The van der Waals surface area contributed by atoms with Gasteiger partial charge in [-0.3, -0.25) is 18.1 Å². The molecule has 4 aromatic rings. The lowest BCUT2D eigenvalue weighted by atomic mass is 10.2. The first-order chi connectivity index (χ1) is 17.3. The van der Waals surface area contributed by atoms with Gasteiger partial charge in [-0.2, -0.15) is 8.42 Å². The fourth-order valence-electron chi connectivity index (χ4n) is 3.84. The molecule has 0 N–H and O–H groups in total. The smallest absolute Gasteiger partial charge is 0.331 e. The van der Waals surface area contributed by atoms with Crippen LogP contribution in [0.2, 0.25) is 0 Å². The molecule has 0 saturated heterocycles. The Morgan fingerprint density at radius 2 is 1.56 bits per heavy atom. The van der Waals surface area contributed by atoms with E-state index in [-0.39, 0.29) is 37.2 Å². The number of ether oxygens (including phenoxy) is 2. The Balaban J connectivity index is 1.80. The number of nitrogens with zero attached hydrogens (tertiary/aromatic N) is 2. The second-order valence-electron chi connectivity index (χ2n) is 8.13. The molecular formula is C26H26N2O7S. The van der Waals surface area contributed by atoms with Crippen LogP contribution in [0.4, 0.5) is 0 Å². The summed E-state index contributed by atoms with van der Waals surface area (Å²) in [6.45, 7) is -0.124. The Kier molecular flexibility index (Phi) is 7.56. The first kappa shape index (κ1) is 25.2. The first-order valence-electron chi connectivity index (χ1n) is 11.2. The van der Waals surface area contributed by atoms with Gasteiger partial charge < -0.3 is 9.47 Å². The summed E-state index contributed by atoms with van der Waals surface area (Å²) in [7, 11) is -2.16. The number of methoxy groups -OCH3 is 1. The lowest BCUT2D eigenvalue weighted by Gasteiger charge is -2.17. The van der Waals surface area contributed by atoms with E-state index in [0.717, 1.165) is 21.9 Å². The lowest BCUT2D eigenvalue weighted by molar-refractivity contribution is 0.295. The van der Waals surface area contributed by atoms with E-state index >= 15 is 0 Å². The van der Waals surface area contributed by atoms with Crippen molar-refractivity contribution in [2.75, 3.05) is 20.0 Å². The number of fused-ring (bicyclic) bond motifs is 1. The van der Waals surface area contributed by atoms with Gasteiger partial charge in [0.2, 0.25) is 0 Å². The Morgan fingerprint density at radius 1 is 0.833 bits per heavy atom. The van der Waals surface area contributed by atoms with Gasteiger partial charge in [0.05, 0.1) is 38.4 Å². The molecule has 10 heteroatoms. The maximum Gasteiger partial charge on any atom is 0.331 e. The summed E-state index contributed by atoms with van der Waals surface area (Å²) in [6, 6.07) is 21.5. The van der Waals surface area contributed by atoms with Gasteiger partial charge in [0, 0.05) is 0 Å². The zero-order chi connectivity index (χ0) is 25.7. The molecule has 0 aliphatic carbocycles. The molecule has 1 heterocycles. The second kappa shape index (κ2) is 10.8. The summed E-state index contributed by atoms with van der Waals surface area (Å²) in [5, 5.41) is 0.271. The van der Waals surface area contributed by atoms with Gasteiger partial charge >= 0.3 is 5.69 Å². The van der Waals surface area contributed by atoms with Gasteiger partial charge in [-0.05, 0) is 35.4 Å². The second-order valence-corrected chi connectivity index (χ2v) is 9.77. The van der Waals surface area contributed by atoms with Crippen LogP contribution in [0.1, 0.15) is 11.1 Å². The number of hydrogen-bond acceptors (Lipinski definition) is 7. The SMILES string of the molecule is COc1ccc(Cn2c(=O)c3cccc(OCc4ccccc4)c3n(CCOS(C)(=O)=O)c2=O)cc1. The molecule has 0 amide bonds. The van der Waals surface area contributed by atoms with E-state index in [1.54, 1.807) is 49.6 Å². The van der Waals surface area contributed by atoms with Crippen molar-refractivity contribution >= 4 is 21.0 Å². The van der Waals surface area contributed by atoms with Crippen molar-refractivity contribution in [2.45, 2.75) is 19.7 Å². The fraction of sp³-hybridized carbons (Fsp3) is 0.231.